The van der Waals surface area contributed by atoms with Crippen molar-refractivity contribution in [3.8, 4) is 0 Å². The molecule has 1 aliphatic carbocycles. The molecule has 0 amide bonds. The van der Waals surface area contributed by atoms with E-state index in [-0.39, 0.29) is 0 Å². The molecule has 0 radical (unpaired) electrons. The molecular formula is C15H27N3O. The van der Waals surface area contributed by atoms with Crippen LogP contribution in [0.2, 0.25) is 0 Å². The third-order valence-corrected chi connectivity index (χ3v) is 3.77. The Morgan fingerprint density at radius 3 is 2.84 bits per heavy atom. The van der Waals surface area contributed by atoms with Crippen molar-refractivity contribution >= 4 is 5.95 Å². The van der Waals surface area contributed by atoms with E-state index in [0.29, 0.717) is 12.1 Å². The summed E-state index contributed by atoms with van der Waals surface area (Å²) in [6, 6.07) is 0.917. The minimum atomic E-state index is 0.295. The molecule has 0 bridgehead atoms. The van der Waals surface area contributed by atoms with Gasteiger partial charge < -0.3 is 14.6 Å². The molecule has 19 heavy (non-hydrogen) atoms. The number of rotatable bonds is 6. The van der Waals surface area contributed by atoms with Gasteiger partial charge >= 0.3 is 0 Å². The van der Waals surface area contributed by atoms with Gasteiger partial charge in [0.25, 0.3) is 0 Å². The summed E-state index contributed by atoms with van der Waals surface area (Å²) in [6.07, 6.45) is 8.82. The molecule has 1 fully saturated rings. The van der Waals surface area contributed by atoms with E-state index in [0.717, 1.165) is 24.9 Å². The van der Waals surface area contributed by atoms with Crippen LogP contribution in [0.15, 0.2) is 6.20 Å². The molecule has 0 aromatic carbocycles. The predicted molar refractivity (Wildman–Crippen MR) is 78.7 cm³/mol. The Morgan fingerprint density at radius 2 is 2.16 bits per heavy atom. The van der Waals surface area contributed by atoms with E-state index in [1.165, 1.54) is 32.1 Å². The highest BCUT2D eigenvalue weighted by Crippen LogP contribution is 2.30. The van der Waals surface area contributed by atoms with Gasteiger partial charge in [0.15, 0.2) is 0 Å². The highest BCUT2D eigenvalue weighted by atomic mass is 16.5. The molecule has 1 aliphatic rings. The summed E-state index contributed by atoms with van der Waals surface area (Å²) in [7, 11) is 0. The second-order valence-electron chi connectivity index (χ2n) is 5.61. The van der Waals surface area contributed by atoms with Crippen LogP contribution in [0.1, 0.15) is 57.7 Å². The smallest absolute Gasteiger partial charge is 0.203 e. The number of hydrogen-bond acceptors (Lipinski definition) is 3. The molecule has 0 saturated heterocycles. The Balaban J connectivity index is 2.02. The SMILES string of the molecule is CCOCC(C)Nc1nc(C)cn1C1CCCCC1. The normalized spacial score (nSPS) is 18.5. The number of anilines is 1. The van der Waals surface area contributed by atoms with Crippen molar-refractivity contribution in [2.45, 2.75) is 65.0 Å². The van der Waals surface area contributed by atoms with Gasteiger partial charge in [-0.3, -0.25) is 0 Å². The first-order valence-electron chi connectivity index (χ1n) is 7.60. The average molecular weight is 265 g/mol. The number of nitrogens with one attached hydrogen (secondary N) is 1. The first kappa shape index (κ1) is 14.4. The van der Waals surface area contributed by atoms with Gasteiger partial charge in [0.1, 0.15) is 0 Å². The minimum absolute atomic E-state index is 0.295. The summed E-state index contributed by atoms with van der Waals surface area (Å²) in [4.78, 5) is 4.63. The molecule has 4 heteroatoms. The molecule has 0 spiro atoms. The Kier molecular flexibility index (Phi) is 5.25. The first-order chi connectivity index (χ1) is 9.20. The maximum absolute atomic E-state index is 5.46. The highest BCUT2D eigenvalue weighted by Gasteiger charge is 2.19. The standard InChI is InChI=1S/C15H27N3O/c1-4-19-11-13(3)17-15-16-12(2)10-18(15)14-8-6-5-7-9-14/h10,13-14H,4-9,11H2,1-3H3,(H,16,17). The van der Waals surface area contributed by atoms with Crippen LogP contribution in [0.3, 0.4) is 0 Å². The molecule has 1 atom stereocenters. The molecule has 4 nitrogen and oxygen atoms in total. The monoisotopic (exact) mass is 265 g/mol. The predicted octanol–water partition coefficient (Wildman–Crippen LogP) is 3.53. The maximum Gasteiger partial charge on any atom is 0.203 e. The molecule has 1 aromatic heterocycles. The number of hydrogen-bond donors (Lipinski definition) is 1. The van der Waals surface area contributed by atoms with Gasteiger partial charge in [0, 0.05) is 24.9 Å². The summed E-state index contributed by atoms with van der Waals surface area (Å²) in [6.45, 7) is 7.73. The number of aryl methyl sites for hydroxylation is 1. The van der Waals surface area contributed by atoms with E-state index < -0.39 is 0 Å². The zero-order valence-electron chi connectivity index (χ0n) is 12.5. The molecule has 2 rings (SSSR count). The lowest BCUT2D eigenvalue weighted by molar-refractivity contribution is 0.141. The van der Waals surface area contributed by atoms with E-state index in [1.54, 1.807) is 0 Å². The summed E-state index contributed by atoms with van der Waals surface area (Å²) < 4.78 is 7.80. The number of aromatic nitrogens is 2. The molecule has 0 aliphatic heterocycles. The van der Waals surface area contributed by atoms with Crippen molar-refractivity contribution in [2.75, 3.05) is 18.5 Å². The second kappa shape index (κ2) is 6.94. The zero-order valence-corrected chi connectivity index (χ0v) is 12.5. The Hall–Kier alpha value is -1.03. The van der Waals surface area contributed by atoms with Gasteiger partial charge in [-0.05, 0) is 33.6 Å². The molecule has 1 heterocycles. The van der Waals surface area contributed by atoms with Crippen LogP contribution < -0.4 is 5.32 Å². The van der Waals surface area contributed by atoms with Gasteiger partial charge in [-0.2, -0.15) is 0 Å². The molecular weight excluding hydrogens is 238 g/mol. The fourth-order valence-corrected chi connectivity index (χ4v) is 2.82. The first-order valence-corrected chi connectivity index (χ1v) is 7.60. The fraction of sp³-hybridized carbons (Fsp3) is 0.800. The van der Waals surface area contributed by atoms with Crippen LogP contribution in [0.5, 0.6) is 0 Å². The van der Waals surface area contributed by atoms with Crippen LogP contribution in [0.25, 0.3) is 0 Å². The molecule has 1 saturated carbocycles. The largest absolute Gasteiger partial charge is 0.380 e. The van der Waals surface area contributed by atoms with Crippen molar-refractivity contribution in [1.82, 2.24) is 9.55 Å². The van der Waals surface area contributed by atoms with Crippen LogP contribution in [0.4, 0.5) is 5.95 Å². The average Bonchev–Trinajstić information content (AvgIpc) is 2.78. The Morgan fingerprint density at radius 1 is 1.42 bits per heavy atom. The summed E-state index contributed by atoms with van der Waals surface area (Å²) in [5, 5.41) is 3.49. The van der Waals surface area contributed by atoms with Crippen molar-refractivity contribution in [2.24, 2.45) is 0 Å². The van der Waals surface area contributed by atoms with Crippen molar-refractivity contribution in [3.05, 3.63) is 11.9 Å². The lowest BCUT2D eigenvalue weighted by Crippen LogP contribution is -2.25. The van der Waals surface area contributed by atoms with E-state index in [4.69, 9.17) is 4.74 Å². The molecule has 1 unspecified atom stereocenters. The van der Waals surface area contributed by atoms with E-state index in [1.807, 2.05) is 6.92 Å². The van der Waals surface area contributed by atoms with Gasteiger partial charge in [0.2, 0.25) is 5.95 Å². The lowest BCUT2D eigenvalue weighted by Gasteiger charge is -2.25. The fourth-order valence-electron chi connectivity index (χ4n) is 2.82. The quantitative estimate of drug-likeness (QED) is 0.855. The molecule has 108 valence electrons. The van der Waals surface area contributed by atoms with Crippen LogP contribution in [0, 0.1) is 6.92 Å². The summed E-state index contributed by atoms with van der Waals surface area (Å²) in [5.41, 5.74) is 1.09. The lowest BCUT2D eigenvalue weighted by atomic mass is 9.95. The third kappa shape index (κ3) is 3.96. The van der Waals surface area contributed by atoms with Gasteiger partial charge in [-0.1, -0.05) is 19.3 Å². The van der Waals surface area contributed by atoms with E-state index in [9.17, 15) is 0 Å². The van der Waals surface area contributed by atoms with Crippen LogP contribution in [-0.2, 0) is 4.74 Å². The Bertz CT molecular complexity index is 383. The van der Waals surface area contributed by atoms with E-state index in [2.05, 4.69) is 34.9 Å². The number of imidazole rings is 1. The minimum Gasteiger partial charge on any atom is -0.380 e. The number of nitrogens with zero attached hydrogens (tertiary/aromatic N) is 2. The number of ether oxygens (including phenoxy) is 1. The highest BCUT2D eigenvalue weighted by molar-refractivity contribution is 5.31. The third-order valence-electron chi connectivity index (χ3n) is 3.77. The topological polar surface area (TPSA) is 39.1 Å². The maximum atomic E-state index is 5.46. The van der Waals surface area contributed by atoms with Crippen molar-refractivity contribution in [1.29, 1.82) is 0 Å². The van der Waals surface area contributed by atoms with Crippen molar-refractivity contribution in [3.63, 3.8) is 0 Å². The van der Waals surface area contributed by atoms with E-state index >= 15 is 0 Å². The van der Waals surface area contributed by atoms with Gasteiger partial charge in [-0.15, -0.1) is 0 Å². The van der Waals surface area contributed by atoms with Crippen LogP contribution >= 0.6 is 0 Å². The zero-order chi connectivity index (χ0) is 13.7. The van der Waals surface area contributed by atoms with Crippen LogP contribution in [-0.4, -0.2) is 28.8 Å². The van der Waals surface area contributed by atoms with Gasteiger partial charge in [-0.25, -0.2) is 4.98 Å². The Labute approximate surface area is 116 Å². The second-order valence-corrected chi connectivity index (χ2v) is 5.61. The summed E-state index contributed by atoms with van der Waals surface area (Å²) in [5.74, 6) is 1.01. The summed E-state index contributed by atoms with van der Waals surface area (Å²) >= 11 is 0. The molecule has 1 aromatic rings. The van der Waals surface area contributed by atoms with Crippen molar-refractivity contribution < 1.29 is 4.74 Å². The molecule has 1 N–H and O–H groups in total. The van der Waals surface area contributed by atoms with Gasteiger partial charge in [0.05, 0.1) is 12.3 Å².